The highest BCUT2D eigenvalue weighted by Gasteiger charge is 2.20. The van der Waals surface area contributed by atoms with Crippen molar-refractivity contribution in [3.8, 4) is 17.2 Å². The molecule has 1 aromatic carbocycles. The topological polar surface area (TPSA) is 85.7 Å². The van der Waals surface area contributed by atoms with Crippen molar-refractivity contribution in [2.24, 2.45) is 0 Å². The lowest BCUT2D eigenvalue weighted by Crippen LogP contribution is -2.07. The number of aliphatic hydroxyl groups is 1. The number of fused-ring (bicyclic) bond motifs is 1. The van der Waals surface area contributed by atoms with E-state index in [4.69, 9.17) is 19.3 Å². The number of ether oxygens (including phenoxy) is 3. The highest BCUT2D eigenvalue weighted by molar-refractivity contribution is 5.96. The number of nitrogens with one attached hydrogen (secondary N) is 1. The van der Waals surface area contributed by atoms with Crippen LogP contribution in [-0.2, 0) is 0 Å². The number of hydrogen-bond donors (Lipinski definition) is 2. The van der Waals surface area contributed by atoms with Crippen molar-refractivity contribution in [3.63, 3.8) is 0 Å². The molecule has 0 saturated carbocycles. The normalized spacial score (nSPS) is 10.7. The monoisotopic (exact) mass is 335 g/mol. The number of hydrogen-bond acceptors (Lipinski definition) is 7. The van der Waals surface area contributed by atoms with Gasteiger partial charge in [-0.2, -0.15) is 0 Å². The summed E-state index contributed by atoms with van der Waals surface area (Å²) in [7, 11) is 4.73. The highest BCUT2D eigenvalue weighted by Crippen LogP contribution is 2.44. The molecule has 1 aromatic heterocycles. The number of aliphatic hydroxyl groups excluding tert-OH is 1. The lowest BCUT2D eigenvalue weighted by atomic mass is 10.1. The first-order valence-corrected chi connectivity index (χ1v) is 7.98. The fourth-order valence-corrected chi connectivity index (χ4v) is 2.60. The van der Waals surface area contributed by atoms with Crippen LogP contribution in [0.4, 0.5) is 5.82 Å². The smallest absolute Gasteiger partial charge is 0.205 e. The maximum Gasteiger partial charge on any atom is 0.205 e. The molecule has 7 nitrogen and oxygen atoms in total. The van der Waals surface area contributed by atoms with Gasteiger partial charge in [0, 0.05) is 13.2 Å². The Morgan fingerprint density at radius 1 is 1.00 bits per heavy atom. The van der Waals surface area contributed by atoms with Crippen LogP contribution in [0.2, 0.25) is 0 Å². The number of aromatic nitrogens is 2. The SMILES string of the molecule is COc1cc2c(NCCCCCO)nc(C)nc2c(OC)c1OC. The van der Waals surface area contributed by atoms with E-state index in [0.29, 0.717) is 28.6 Å². The minimum atomic E-state index is 0.226. The van der Waals surface area contributed by atoms with E-state index < -0.39 is 0 Å². The molecular weight excluding hydrogens is 310 g/mol. The summed E-state index contributed by atoms with van der Waals surface area (Å²) < 4.78 is 16.3. The summed E-state index contributed by atoms with van der Waals surface area (Å²) in [6, 6.07) is 1.85. The maximum absolute atomic E-state index is 8.84. The third-order valence-electron chi connectivity index (χ3n) is 3.73. The van der Waals surface area contributed by atoms with Gasteiger partial charge < -0.3 is 24.6 Å². The first kappa shape index (κ1) is 18.1. The minimum Gasteiger partial charge on any atom is -0.493 e. The van der Waals surface area contributed by atoms with Crippen molar-refractivity contribution < 1.29 is 19.3 Å². The van der Waals surface area contributed by atoms with Gasteiger partial charge in [-0.1, -0.05) is 0 Å². The third-order valence-corrected chi connectivity index (χ3v) is 3.73. The van der Waals surface area contributed by atoms with E-state index in [1.54, 1.807) is 21.3 Å². The number of unbranched alkanes of at least 4 members (excludes halogenated alkanes) is 2. The van der Waals surface area contributed by atoms with E-state index in [0.717, 1.165) is 37.0 Å². The number of methoxy groups -OCH3 is 3. The Morgan fingerprint density at radius 2 is 1.75 bits per heavy atom. The Labute approximate surface area is 142 Å². The summed E-state index contributed by atoms with van der Waals surface area (Å²) in [5.41, 5.74) is 0.681. The van der Waals surface area contributed by atoms with Crippen molar-refractivity contribution in [2.75, 3.05) is 39.8 Å². The summed E-state index contributed by atoms with van der Waals surface area (Å²) in [6.45, 7) is 2.83. The second-order valence-corrected chi connectivity index (χ2v) is 5.37. The molecule has 7 heteroatoms. The molecule has 2 aromatic rings. The molecule has 0 saturated heterocycles. The largest absolute Gasteiger partial charge is 0.493 e. The zero-order valence-electron chi connectivity index (χ0n) is 14.7. The van der Waals surface area contributed by atoms with Crippen LogP contribution in [0.15, 0.2) is 6.07 Å². The first-order chi connectivity index (χ1) is 11.7. The fourth-order valence-electron chi connectivity index (χ4n) is 2.60. The average Bonchev–Trinajstić information content (AvgIpc) is 2.59. The van der Waals surface area contributed by atoms with Gasteiger partial charge in [-0.25, -0.2) is 9.97 Å². The van der Waals surface area contributed by atoms with E-state index >= 15 is 0 Å². The molecule has 0 amide bonds. The van der Waals surface area contributed by atoms with Gasteiger partial charge in [0.05, 0.1) is 26.7 Å². The predicted octanol–water partition coefficient (Wildman–Crippen LogP) is 2.54. The molecule has 1 heterocycles. The molecule has 24 heavy (non-hydrogen) atoms. The summed E-state index contributed by atoms with van der Waals surface area (Å²) in [5.74, 6) is 2.99. The molecular formula is C17H25N3O4. The van der Waals surface area contributed by atoms with E-state index in [1.807, 2.05) is 13.0 Å². The summed E-state index contributed by atoms with van der Waals surface area (Å²) in [4.78, 5) is 9.01. The predicted molar refractivity (Wildman–Crippen MR) is 93.4 cm³/mol. The molecule has 0 radical (unpaired) electrons. The van der Waals surface area contributed by atoms with Crippen molar-refractivity contribution in [2.45, 2.75) is 26.2 Å². The summed E-state index contributed by atoms with van der Waals surface area (Å²) in [5, 5.41) is 13.0. The molecule has 2 N–H and O–H groups in total. The maximum atomic E-state index is 8.84. The Morgan fingerprint density at radius 3 is 2.38 bits per heavy atom. The number of rotatable bonds is 9. The molecule has 0 atom stereocenters. The Bertz CT molecular complexity index is 691. The van der Waals surface area contributed by atoms with Gasteiger partial charge >= 0.3 is 0 Å². The zero-order valence-corrected chi connectivity index (χ0v) is 14.7. The van der Waals surface area contributed by atoms with Gasteiger partial charge in [-0.05, 0) is 32.3 Å². The van der Waals surface area contributed by atoms with Crippen LogP contribution in [0.25, 0.3) is 10.9 Å². The number of anilines is 1. The van der Waals surface area contributed by atoms with Crippen LogP contribution >= 0.6 is 0 Å². The van der Waals surface area contributed by atoms with Crippen LogP contribution in [-0.4, -0.2) is 49.6 Å². The Balaban J connectivity index is 2.44. The molecule has 0 unspecified atom stereocenters. The van der Waals surface area contributed by atoms with E-state index in [1.165, 1.54) is 0 Å². The van der Waals surface area contributed by atoms with Gasteiger partial charge in [0.1, 0.15) is 17.2 Å². The summed E-state index contributed by atoms with van der Waals surface area (Å²) in [6.07, 6.45) is 2.73. The van der Waals surface area contributed by atoms with Crippen molar-refractivity contribution >= 4 is 16.7 Å². The number of aryl methyl sites for hydroxylation is 1. The highest BCUT2D eigenvalue weighted by atomic mass is 16.5. The number of benzene rings is 1. The van der Waals surface area contributed by atoms with Gasteiger partial charge in [0.25, 0.3) is 0 Å². The zero-order chi connectivity index (χ0) is 17.5. The van der Waals surface area contributed by atoms with Crippen LogP contribution in [0.5, 0.6) is 17.2 Å². The van der Waals surface area contributed by atoms with Gasteiger partial charge in [0.2, 0.25) is 5.75 Å². The van der Waals surface area contributed by atoms with E-state index in [-0.39, 0.29) is 6.61 Å². The molecule has 132 valence electrons. The quantitative estimate of drug-likeness (QED) is 0.681. The van der Waals surface area contributed by atoms with Gasteiger partial charge in [-0.15, -0.1) is 0 Å². The molecule has 0 spiro atoms. The second-order valence-electron chi connectivity index (χ2n) is 5.37. The van der Waals surface area contributed by atoms with E-state index in [2.05, 4.69) is 15.3 Å². The van der Waals surface area contributed by atoms with Crippen LogP contribution < -0.4 is 19.5 Å². The average molecular weight is 335 g/mol. The molecule has 0 aliphatic rings. The van der Waals surface area contributed by atoms with Crippen molar-refractivity contribution in [1.82, 2.24) is 9.97 Å². The molecule has 2 rings (SSSR count). The first-order valence-electron chi connectivity index (χ1n) is 7.98. The van der Waals surface area contributed by atoms with Crippen molar-refractivity contribution in [3.05, 3.63) is 11.9 Å². The van der Waals surface area contributed by atoms with Gasteiger partial charge in [0.15, 0.2) is 11.5 Å². The van der Waals surface area contributed by atoms with Gasteiger partial charge in [-0.3, -0.25) is 0 Å². The van der Waals surface area contributed by atoms with Crippen molar-refractivity contribution in [1.29, 1.82) is 0 Å². The number of nitrogens with zero attached hydrogens (tertiary/aromatic N) is 2. The van der Waals surface area contributed by atoms with Crippen LogP contribution in [0.3, 0.4) is 0 Å². The standard InChI is InChI=1S/C17H25N3O4/c1-11-19-14-12(17(20-11)18-8-6-5-7-9-21)10-13(22-2)15(23-3)16(14)24-4/h10,21H,5-9H2,1-4H3,(H,18,19,20). The second kappa shape index (κ2) is 8.54. The Kier molecular flexibility index (Phi) is 6.43. The third kappa shape index (κ3) is 3.79. The Hall–Kier alpha value is -2.28. The van der Waals surface area contributed by atoms with Crippen LogP contribution in [0.1, 0.15) is 25.1 Å². The summed E-state index contributed by atoms with van der Waals surface area (Å²) >= 11 is 0. The fraction of sp³-hybridized carbons (Fsp3) is 0.529. The lowest BCUT2D eigenvalue weighted by Gasteiger charge is -2.16. The molecule has 0 aliphatic heterocycles. The molecule has 0 aliphatic carbocycles. The van der Waals surface area contributed by atoms with E-state index in [9.17, 15) is 0 Å². The van der Waals surface area contributed by atoms with Crippen LogP contribution in [0, 0.1) is 6.92 Å². The molecule has 0 bridgehead atoms. The molecule has 0 fully saturated rings. The minimum absolute atomic E-state index is 0.226. The lowest BCUT2D eigenvalue weighted by molar-refractivity contribution is 0.283.